The zero-order chi connectivity index (χ0) is 8.43. The van der Waals surface area contributed by atoms with E-state index in [9.17, 15) is 4.39 Å². The van der Waals surface area contributed by atoms with E-state index in [0.717, 1.165) is 6.54 Å². The first kappa shape index (κ1) is 8.24. The van der Waals surface area contributed by atoms with Gasteiger partial charge < -0.3 is 0 Å². The molecule has 61 valence electrons. The molecule has 1 aromatic heterocycles. The zero-order valence-corrected chi connectivity index (χ0v) is 7.06. The Kier molecular flexibility index (Phi) is 2.27. The van der Waals surface area contributed by atoms with E-state index in [1.54, 1.807) is 11.6 Å². The first-order valence-electron chi connectivity index (χ1n) is 3.72. The van der Waals surface area contributed by atoms with Crippen LogP contribution in [0.25, 0.3) is 0 Å². The van der Waals surface area contributed by atoms with Crippen molar-refractivity contribution in [1.82, 2.24) is 9.78 Å². The second-order valence-corrected chi connectivity index (χ2v) is 3.09. The molecule has 1 aromatic rings. The second kappa shape index (κ2) is 3.03. The molecule has 2 nitrogen and oxygen atoms in total. The fraction of sp³-hybridized carbons (Fsp3) is 0.625. The van der Waals surface area contributed by atoms with E-state index < -0.39 is 0 Å². The van der Waals surface area contributed by atoms with Crippen LogP contribution in [0.4, 0.5) is 4.39 Å². The predicted molar refractivity (Wildman–Crippen MR) is 40.6 cm³/mol. The fourth-order valence-electron chi connectivity index (χ4n) is 0.897. The van der Waals surface area contributed by atoms with Gasteiger partial charge in [0.1, 0.15) is 0 Å². The van der Waals surface area contributed by atoms with Crippen molar-refractivity contribution in [3.63, 3.8) is 0 Å². The molecule has 0 bridgehead atoms. The topological polar surface area (TPSA) is 17.8 Å². The molecule has 0 unspecified atom stereocenters. The Morgan fingerprint density at radius 1 is 1.64 bits per heavy atom. The van der Waals surface area contributed by atoms with Crippen molar-refractivity contribution in [1.29, 1.82) is 0 Å². The lowest BCUT2D eigenvalue weighted by Crippen LogP contribution is -2.07. The lowest BCUT2D eigenvalue weighted by molar-refractivity contribution is 0.470. The summed E-state index contributed by atoms with van der Waals surface area (Å²) in [5, 5.41) is 3.77. The maximum atomic E-state index is 12.7. The Bertz CT molecular complexity index is 240. The standard InChI is InChI=1S/C8H12FN2/c1-6(2)5-11-7(3)8(9)4-10-11/h6H,5H2,1-3H3. The molecule has 0 aromatic carbocycles. The van der Waals surface area contributed by atoms with Crippen LogP contribution in [0, 0.1) is 24.9 Å². The molecule has 0 aliphatic carbocycles. The SMILES string of the molecule is Cc1c(F)[c]nn1CC(C)C. The fourth-order valence-corrected chi connectivity index (χ4v) is 0.897. The molecule has 0 spiro atoms. The minimum absolute atomic E-state index is 0.342. The smallest absolute Gasteiger partial charge is 0.173 e. The quantitative estimate of drug-likeness (QED) is 0.636. The van der Waals surface area contributed by atoms with Crippen LogP contribution >= 0.6 is 0 Å². The highest BCUT2D eigenvalue weighted by Gasteiger charge is 2.06. The Balaban J connectivity index is 2.79. The van der Waals surface area contributed by atoms with Gasteiger partial charge in [-0.05, 0) is 12.8 Å². The summed E-state index contributed by atoms with van der Waals surface area (Å²) in [5.74, 6) is 0.145. The van der Waals surface area contributed by atoms with Gasteiger partial charge in [0.05, 0.1) is 5.69 Å². The van der Waals surface area contributed by atoms with Gasteiger partial charge in [-0.2, -0.15) is 5.10 Å². The van der Waals surface area contributed by atoms with Crippen LogP contribution in [0.15, 0.2) is 0 Å². The van der Waals surface area contributed by atoms with Crippen LogP contribution in [-0.2, 0) is 6.54 Å². The van der Waals surface area contributed by atoms with Crippen molar-refractivity contribution >= 4 is 0 Å². The molecule has 0 saturated heterocycles. The van der Waals surface area contributed by atoms with Crippen molar-refractivity contribution in [2.24, 2.45) is 5.92 Å². The molecule has 1 radical (unpaired) electrons. The summed E-state index contributed by atoms with van der Waals surface area (Å²) in [6.07, 6.45) is 2.29. The monoisotopic (exact) mass is 155 g/mol. The average Bonchev–Trinajstić information content (AvgIpc) is 2.18. The van der Waals surface area contributed by atoms with Gasteiger partial charge in [-0.1, -0.05) is 13.8 Å². The van der Waals surface area contributed by atoms with Crippen LogP contribution in [-0.4, -0.2) is 9.78 Å². The van der Waals surface area contributed by atoms with E-state index in [1.165, 1.54) is 0 Å². The lowest BCUT2D eigenvalue weighted by atomic mass is 10.2. The molecular weight excluding hydrogens is 143 g/mol. The molecule has 11 heavy (non-hydrogen) atoms. The van der Waals surface area contributed by atoms with Gasteiger partial charge in [0, 0.05) is 6.54 Å². The van der Waals surface area contributed by atoms with Gasteiger partial charge in [-0.3, -0.25) is 4.68 Å². The molecule has 0 aliphatic heterocycles. The molecule has 1 rings (SSSR count). The molecular formula is C8H12FN2. The molecule has 0 amide bonds. The van der Waals surface area contributed by atoms with Crippen LogP contribution < -0.4 is 0 Å². The number of rotatable bonds is 2. The Morgan fingerprint density at radius 3 is 2.64 bits per heavy atom. The van der Waals surface area contributed by atoms with Crippen LogP contribution in [0.5, 0.6) is 0 Å². The van der Waals surface area contributed by atoms with Crippen LogP contribution in [0.3, 0.4) is 0 Å². The number of halogens is 1. The zero-order valence-electron chi connectivity index (χ0n) is 7.06. The summed E-state index contributed by atoms with van der Waals surface area (Å²) in [5.41, 5.74) is 0.568. The molecule has 3 heteroatoms. The van der Waals surface area contributed by atoms with Gasteiger partial charge in [0.2, 0.25) is 0 Å². The predicted octanol–water partition coefficient (Wildman–Crippen LogP) is 1.79. The van der Waals surface area contributed by atoms with Crippen molar-refractivity contribution < 1.29 is 4.39 Å². The summed E-state index contributed by atoms with van der Waals surface area (Å²) in [6.45, 7) is 6.60. The third-order valence-electron chi connectivity index (χ3n) is 1.51. The number of aromatic nitrogens is 2. The minimum atomic E-state index is -0.342. The van der Waals surface area contributed by atoms with Gasteiger partial charge in [-0.25, -0.2) is 4.39 Å². The summed E-state index contributed by atoms with van der Waals surface area (Å²) in [6, 6.07) is 0. The summed E-state index contributed by atoms with van der Waals surface area (Å²) in [4.78, 5) is 0. The Morgan fingerprint density at radius 2 is 2.27 bits per heavy atom. The normalized spacial score (nSPS) is 11.0. The molecule has 0 saturated carbocycles. The van der Waals surface area contributed by atoms with E-state index in [-0.39, 0.29) is 5.82 Å². The summed E-state index contributed by atoms with van der Waals surface area (Å²) in [7, 11) is 0. The Labute approximate surface area is 66.0 Å². The largest absolute Gasteiger partial charge is 0.266 e. The number of nitrogens with zero attached hydrogens (tertiary/aromatic N) is 2. The summed E-state index contributed by atoms with van der Waals surface area (Å²) >= 11 is 0. The summed E-state index contributed by atoms with van der Waals surface area (Å²) < 4.78 is 14.3. The van der Waals surface area contributed by atoms with Gasteiger partial charge in [-0.15, -0.1) is 0 Å². The lowest BCUT2D eigenvalue weighted by Gasteiger charge is -2.05. The molecule has 0 atom stereocenters. The molecule has 0 fully saturated rings. The van der Waals surface area contributed by atoms with Gasteiger partial charge in [0.15, 0.2) is 12.0 Å². The number of hydrogen-bond acceptors (Lipinski definition) is 1. The van der Waals surface area contributed by atoms with Crippen LogP contribution in [0.1, 0.15) is 19.5 Å². The minimum Gasteiger partial charge on any atom is -0.266 e. The second-order valence-electron chi connectivity index (χ2n) is 3.09. The van der Waals surface area contributed by atoms with E-state index >= 15 is 0 Å². The number of hydrogen-bond donors (Lipinski definition) is 0. The average molecular weight is 155 g/mol. The Hall–Kier alpha value is -0.860. The maximum absolute atomic E-state index is 12.7. The van der Waals surface area contributed by atoms with E-state index in [4.69, 9.17) is 0 Å². The van der Waals surface area contributed by atoms with Gasteiger partial charge in [0.25, 0.3) is 0 Å². The van der Waals surface area contributed by atoms with Crippen molar-refractivity contribution in [3.8, 4) is 0 Å². The van der Waals surface area contributed by atoms with E-state index in [1.807, 2.05) is 0 Å². The molecule has 0 aliphatic rings. The maximum Gasteiger partial charge on any atom is 0.173 e. The molecule has 1 heterocycles. The first-order chi connectivity index (χ1) is 5.11. The van der Waals surface area contributed by atoms with E-state index in [0.29, 0.717) is 11.6 Å². The van der Waals surface area contributed by atoms with E-state index in [2.05, 4.69) is 25.1 Å². The first-order valence-corrected chi connectivity index (χ1v) is 3.72. The van der Waals surface area contributed by atoms with Crippen molar-refractivity contribution in [2.45, 2.75) is 27.3 Å². The third-order valence-corrected chi connectivity index (χ3v) is 1.51. The van der Waals surface area contributed by atoms with Crippen molar-refractivity contribution in [3.05, 3.63) is 17.7 Å². The highest BCUT2D eigenvalue weighted by molar-refractivity contribution is 4.99. The van der Waals surface area contributed by atoms with Gasteiger partial charge >= 0.3 is 0 Å². The molecule has 0 N–H and O–H groups in total. The highest BCUT2D eigenvalue weighted by atomic mass is 19.1. The highest BCUT2D eigenvalue weighted by Crippen LogP contribution is 2.06. The van der Waals surface area contributed by atoms with Crippen LogP contribution in [0.2, 0.25) is 0 Å². The third kappa shape index (κ3) is 1.79. The van der Waals surface area contributed by atoms with Crippen molar-refractivity contribution in [2.75, 3.05) is 0 Å².